The number of fused-ring (bicyclic) bond motifs is 2. The maximum atomic E-state index is 11.1. The van der Waals surface area contributed by atoms with Crippen LogP contribution in [0.4, 0.5) is 5.69 Å². The summed E-state index contributed by atoms with van der Waals surface area (Å²) in [5.41, 5.74) is 4.64. The normalized spacial score (nSPS) is 21.8. The van der Waals surface area contributed by atoms with Crippen molar-refractivity contribution >= 4 is 28.2 Å². The van der Waals surface area contributed by atoms with Gasteiger partial charge in [-0.1, -0.05) is 29.8 Å². The molecule has 0 radical (unpaired) electrons. The van der Waals surface area contributed by atoms with Crippen LogP contribution in [0.3, 0.4) is 0 Å². The van der Waals surface area contributed by atoms with Crippen LogP contribution >= 0.6 is 11.6 Å². The predicted molar refractivity (Wildman–Crippen MR) is 105 cm³/mol. The molecule has 4 rings (SSSR count). The zero-order valence-corrected chi connectivity index (χ0v) is 15.8. The summed E-state index contributed by atoms with van der Waals surface area (Å²) < 4.78 is 0. The standard InChI is InChI=1S/C21H23ClN2O/c1-12-9-14(16-10-13-7-5-6-8-15(13)23-16)18(22)17-19(12)24-20(2,3)11-21(17,4)25/h5-10,23-25H,11H2,1-4H3. The number of rotatable bonds is 1. The van der Waals surface area contributed by atoms with E-state index >= 15 is 0 Å². The molecule has 1 unspecified atom stereocenters. The van der Waals surface area contributed by atoms with Gasteiger partial charge in [0.2, 0.25) is 0 Å². The van der Waals surface area contributed by atoms with Crippen LogP contribution in [0.5, 0.6) is 0 Å². The molecular formula is C21H23ClN2O. The van der Waals surface area contributed by atoms with Crippen LogP contribution in [-0.4, -0.2) is 15.6 Å². The number of benzene rings is 2. The molecule has 0 saturated heterocycles. The molecule has 130 valence electrons. The summed E-state index contributed by atoms with van der Waals surface area (Å²) in [5, 5.41) is 16.5. The Kier molecular flexibility index (Phi) is 3.47. The number of anilines is 1. The van der Waals surface area contributed by atoms with Gasteiger partial charge in [0.05, 0.1) is 10.6 Å². The van der Waals surface area contributed by atoms with Crippen LogP contribution in [0.2, 0.25) is 5.02 Å². The minimum atomic E-state index is -0.978. The maximum absolute atomic E-state index is 11.1. The fourth-order valence-corrected chi connectivity index (χ4v) is 4.66. The monoisotopic (exact) mass is 354 g/mol. The smallest absolute Gasteiger partial charge is 0.0925 e. The summed E-state index contributed by atoms with van der Waals surface area (Å²) in [6.45, 7) is 8.12. The molecule has 2 aromatic carbocycles. The second kappa shape index (κ2) is 5.26. The first-order valence-corrected chi connectivity index (χ1v) is 8.98. The second-order valence-electron chi connectivity index (χ2n) is 8.03. The Balaban J connectivity index is 1.96. The number of H-pyrrole nitrogens is 1. The van der Waals surface area contributed by atoms with Gasteiger partial charge in [-0.3, -0.25) is 0 Å². The van der Waals surface area contributed by atoms with Crippen molar-refractivity contribution in [1.82, 2.24) is 4.98 Å². The van der Waals surface area contributed by atoms with E-state index in [-0.39, 0.29) is 5.54 Å². The van der Waals surface area contributed by atoms with E-state index in [2.05, 4.69) is 55.3 Å². The van der Waals surface area contributed by atoms with Crippen molar-refractivity contribution in [1.29, 1.82) is 0 Å². The first-order valence-electron chi connectivity index (χ1n) is 8.60. The van der Waals surface area contributed by atoms with Gasteiger partial charge in [0.25, 0.3) is 0 Å². The average molecular weight is 355 g/mol. The SMILES string of the molecule is Cc1cc(-c2cc3ccccc3[nH]2)c(Cl)c2c1NC(C)(C)CC2(C)O. The van der Waals surface area contributed by atoms with Crippen molar-refractivity contribution in [2.45, 2.75) is 45.3 Å². The van der Waals surface area contributed by atoms with Gasteiger partial charge in [-0.05, 0) is 51.5 Å². The Morgan fingerprint density at radius 1 is 1.12 bits per heavy atom. The van der Waals surface area contributed by atoms with Gasteiger partial charge >= 0.3 is 0 Å². The van der Waals surface area contributed by atoms with E-state index in [1.807, 2.05) is 19.1 Å². The Hall–Kier alpha value is -1.97. The van der Waals surface area contributed by atoms with E-state index < -0.39 is 5.60 Å². The highest BCUT2D eigenvalue weighted by molar-refractivity contribution is 6.34. The lowest BCUT2D eigenvalue weighted by atomic mass is 9.77. The number of aliphatic hydroxyl groups is 1. The van der Waals surface area contributed by atoms with Gasteiger partial charge in [0.15, 0.2) is 0 Å². The van der Waals surface area contributed by atoms with Crippen LogP contribution in [0, 0.1) is 6.92 Å². The summed E-state index contributed by atoms with van der Waals surface area (Å²) in [6.07, 6.45) is 0.600. The predicted octanol–water partition coefficient (Wildman–Crippen LogP) is 5.60. The molecule has 1 aliphatic heterocycles. The minimum absolute atomic E-state index is 0.187. The lowest BCUT2D eigenvalue weighted by molar-refractivity contribution is 0.0274. The third-order valence-corrected chi connectivity index (χ3v) is 5.46. The Bertz CT molecular complexity index is 952. The van der Waals surface area contributed by atoms with E-state index in [1.165, 1.54) is 0 Å². The molecule has 3 N–H and O–H groups in total. The number of aromatic amines is 1. The Morgan fingerprint density at radius 3 is 2.56 bits per heavy atom. The molecule has 0 bridgehead atoms. The molecule has 3 nitrogen and oxygen atoms in total. The molecule has 0 fully saturated rings. The summed E-state index contributed by atoms with van der Waals surface area (Å²) in [4.78, 5) is 3.44. The van der Waals surface area contributed by atoms with Gasteiger partial charge < -0.3 is 15.4 Å². The number of nitrogens with one attached hydrogen (secondary N) is 2. The highest BCUT2D eigenvalue weighted by Crippen LogP contribution is 2.49. The molecule has 2 heterocycles. The number of hydrogen-bond donors (Lipinski definition) is 3. The average Bonchev–Trinajstić information content (AvgIpc) is 2.91. The molecule has 1 aliphatic rings. The lowest BCUT2D eigenvalue weighted by Gasteiger charge is -2.44. The molecule has 25 heavy (non-hydrogen) atoms. The van der Waals surface area contributed by atoms with E-state index in [1.54, 1.807) is 0 Å². The third-order valence-electron chi connectivity index (χ3n) is 5.07. The molecule has 0 spiro atoms. The molecule has 0 saturated carbocycles. The van der Waals surface area contributed by atoms with Crippen molar-refractivity contribution in [3.8, 4) is 11.3 Å². The summed E-state index contributed by atoms with van der Waals surface area (Å²) in [5.74, 6) is 0. The minimum Gasteiger partial charge on any atom is -0.385 e. The van der Waals surface area contributed by atoms with Gasteiger partial charge in [-0.15, -0.1) is 0 Å². The third kappa shape index (κ3) is 2.62. The highest BCUT2D eigenvalue weighted by atomic mass is 35.5. The van der Waals surface area contributed by atoms with Gasteiger partial charge in [-0.25, -0.2) is 0 Å². The van der Waals surface area contributed by atoms with Crippen LogP contribution < -0.4 is 5.32 Å². The number of para-hydroxylation sites is 1. The van der Waals surface area contributed by atoms with Gasteiger partial charge in [-0.2, -0.15) is 0 Å². The number of hydrogen-bond acceptors (Lipinski definition) is 2. The lowest BCUT2D eigenvalue weighted by Crippen LogP contribution is -2.45. The summed E-state index contributed by atoms with van der Waals surface area (Å²) in [6, 6.07) is 12.4. The van der Waals surface area contributed by atoms with E-state index in [9.17, 15) is 5.11 Å². The highest BCUT2D eigenvalue weighted by Gasteiger charge is 2.41. The van der Waals surface area contributed by atoms with E-state index in [0.29, 0.717) is 11.4 Å². The Labute approximate surface area is 153 Å². The van der Waals surface area contributed by atoms with Crippen molar-refractivity contribution in [2.75, 3.05) is 5.32 Å². The Morgan fingerprint density at radius 2 is 1.84 bits per heavy atom. The van der Waals surface area contributed by atoms with Crippen LogP contribution in [0.25, 0.3) is 22.2 Å². The first-order chi connectivity index (χ1) is 11.7. The summed E-state index contributed by atoms with van der Waals surface area (Å²) in [7, 11) is 0. The van der Waals surface area contributed by atoms with Crippen LogP contribution in [0.1, 0.15) is 38.3 Å². The van der Waals surface area contributed by atoms with E-state index in [0.717, 1.165) is 39.0 Å². The zero-order valence-electron chi connectivity index (χ0n) is 15.0. The van der Waals surface area contributed by atoms with E-state index in [4.69, 9.17) is 11.6 Å². The van der Waals surface area contributed by atoms with Crippen LogP contribution in [-0.2, 0) is 5.60 Å². The maximum Gasteiger partial charge on any atom is 0.0925 e. The second-order valence-corrected chi connectivity index (χ2v) is 8.41. The fraction of sp³-hybridized carbons (Fsp3) is 0.333. The number of halogens is 1. The molecule has 0 amide bonds. The molecular weight excluding hydrogens is 332 g/mol. The van der Waals surface area contributed by atoms with Crippen molar-refractivity contribution in [3.63, 3.8) is 0 Å². The van der Waals surface area contributed by atoms with Crippen molar-refractivity contribution < 1.29 is 5.11 Å². The van der Waals surface area contributed by atoms with Crippen LogP contribution in [0.15, 0.2) is 36.4 Å². The molecule has 3 aromatic rings. The van der Waals surface area contributed by atoms with Crippen molar-refractivity contribution in [3.05, 3.63) is 52.5 Å². The molecule has 1 aromatic heterocycles. The van der Waals surface area contributed by atoms with Crippen molar-refractivity contribution in [2.24, 2.45) is 0 Å². The topological polar surface area (TPSA) is 48.0 Å². The fourth-order valence-electron chi connectivity index (χ4n) is 4.21. The number of aromatic nitrogens is 1. The molecule has 0 aliphatic carbocycles. The quantitative estimate of drug-likeness (QED) is 0.532. The number of aryl methyl sites for hydroxylation is 1. The van der Waals surface area contributed by atoms with Gasteiger partial charge in [0, 0.05) is 45.4 Å². The molecule has 1 atom stereocenters. The first kappa shape index (κ1) is 16.5. The molecule has 4 heteroatoms. The van der Waals surface area contributed by atoms with Gasteiger partial charge in [0.1, 0.15) is 0 Å². The largest absolute Gasteiger partial charge is 0.385 e. The summed E-state index contributed by atoms with van der Waals surface area (Å²) >= 11 is 6.82. The zero-order chi connectivity index (χ0) is 18.0.